The number of halogens is 1. The first-order valence-corrected chi connectivity index (χ1v) is 8.11. The first-order valence-electron chi connectivity index (χ1n) is 7.73. The number of amides is 3. The van der Waals surface area contributed by atoms with E-state index < -0.39 is 30.5 Å². The van der Waals surface area contributed by atoms with Crippen molar-refractivity contribution in [2.75, 3.05) is 26.0 Å². The van der Waals surface area contributed by atoms with Gasteiger partial charge in [0, 0.05) is 19.1 Å². The number of aliphatic imine (C=N–C) groups is 1. The van der Waals surface area contributed by atoms with Crippen LogP contribution in [0.15, 0.2) is 23.2 Å². The van der Waals surface area contributed by atoms with Crippen LogP contribution in [0, 0.1) is 6.92 Å². The molecule has 0 aliphatic carbocycles. The summed E-state index contributed by atoms with van der Waals surface area (Å²) in [7, 11) is 2.84. The van der Waals surface area contributed by atoms with Crippen molar-refractivity contribution in [2.45, 2.75) is 13.0 Å². The number of carbonyl (C=O) groups is 3. The van der Waals surface area contributed by atoms with Gasteiger partial charge in [-0.1, -0.05) is 22.7 Å². The highest BCUT2D eigenvalue weighted by Crippen LogP contribution is 2.23. The summed E-state index contributed by atoms with van der Waals surface area (Å²) in [5.41, 5.74) is 1.49. The lowest BCUT2D eigenvalue weighted by Crippen LogP contribution is -2.61. The van der Waals surface area contributed by atoms with E-state index in [1.54, 1.807) is 18.2 Å². The summed E-state index contributed by atoms with van der Waals surface area (Å²) < 4.78 is 1.32. The second-order valence-corrected chi connectivity index (χ2v) is 6.48. The summed E-state index contributed by atoms with van der Waals surface area (Å²) in [4.78, 5) is 42.5. The van der Waals surface area contributed by atoms with Crippen LogP contribution in [0.1, 0.15) is 5.56 Å². The molecule has 3 rings (SSSR count). The normalized spacial score (nSPS) is 19.7. The summed E-state index contributed by atoms with van der Waals surface area (Å²) >= 11 is 6.02. The summed E-state index contributed by atoms with van der Waals surface area (Å²) in [6, 6.07) is 3.69. The molecule has 1 unspecified atom stereocenters. The number of hydrogen-bond acceptors (Lipinski definition) is 5. The number of nitrogens with zero attached hydrogens (tertiary/aromatic N) is 4. The molecule has 0 spiro atoms. The summed E-state index contributed by atoms with van der Waals surface area (Å²) in [6.07, 6.45) is 0. The average Bonchev–Trinajstić information content (AvgIpc) is 2.92. The van der Waals surface area contributed by atoms with Gasteiger partial charge in [-0.05, 0) is 24.6 Å². The minimum Gasteiger partial charge on any atom is -0.479 e. The van der Waals surface area contributed by atoms with Crippen LogP contribution in [0.25, 0.3) is 0 Å². The van der Waals surface area contributed by atoms with E-state index in [1.807, 2.05) is 6.92 Å². The topological polar surface area (TPSA) is 105 Å². The molecule has 1 aromatic rings. The molecule has 1 saturated heterocycles. The Morgan fingerprint density at radius 1 is 1.35 bits per heavy atom. The zero-order chi connectivity index (χ0) is 19.2. The van der Waals surface area contributed by atoms with Crippen molar-refractivity contribution >= 4 is 47.0 Å². The number of carbonyl (C=O) groups excluding carboxylic acids is 2. The van der Waals surface area contributed by atoms with Gasteiger partial charge >= 0.3 is 18.0 Å². The van der Waals surface area contributed by atoms with Gasteiger partial charge in [-0.3, -0.25) is 14.6 Å². The number of imide groups is 1. The molecule has 0 bridgehead atoms. The average molecular weight is 379 g/mol. The number of anilines is 1. The molecule has 2 aliphatic rings. The van der Waals surface area contributed by atoms with Crippen molar-refractivity contribution in [3.63, 3.8) is 0 Å². The zero-order valence-corrected chi connectivity index (χ0v) is 15.1. The van der Waals surface area contributed by atoms with E-state index in [9.17, 15) is 19.5 Å². The van der Waals surface area contributed by atoms with Crippen LogP contribution < -0.4 is 5.32 Å². The van der Waals surface area contributed by atoms with E-state index in [2.05, 4.69) is 10.3 Å². The third-order valence-electron chi connectivity index (χ3n) is 4.28. The molecule has 0 saturated carbocycles. The number of carboxylic acids is 1. The van der Waals surface area contributed by atoms with Crippen LogP contribution in [0.3, 0.4) is 0 Å². The maximum Gasteiger partial charge on any atom is 0.395 e. The lowest BCUT2D eigenvalue weighted by molar-refractivity contribution is -0.525. The van der Waals surface area contributed by atoms with E-state index in [4.69, 9.17) is 11.6 Å². The van der Waals surface area contributed by atoms with Crippen molar-refractivity contribution < 1.29 is 24.1 Å². The standard InChI is InChI=1S/C16H16ClN5O4/c1-8-4-5-9(17)6-10(8)18-15-19-13-12(22(15)7-11(23)24)14(25)21(3)16(26)20(13)2/h4-6,12H,7H2,1-3H3,(H,23,24)/p+1. The first-order chi connectivity index (χ1) is 12.2. The molecular formula is C16H17ClN5O4+. The molecule has 2 heterocycles. The number of rotatable bonds is 3. The molecule has 2 N–H and O–H groups in total. The highest BCUT2D eigenvalue weighted by molar-refractivity contribution is 6.31. The SMILES string of the molecule is Cc1ccc(Cl)cc1NC1=[N+](CC(=O)O)C2C(=O)N(C)C(=O)N(C)C2=N1. The number of aryl methyl sites for hydroxylation is 1. The number of urea groups is 1. The fourth-order valence-corrected chi connectivity index (χ4v) is 3.03. The van der Waals surface area contributed by atoms with Crippen LogP contribution in [-0.4, -0.2) is 75.9 Å². The van der Waals surface area contributed by atoms with Crippen molar-refractivity contribution in [1.82, 2.24) is 9.80 Å². The van der Waals surface area contributed by atoms with Gasteiger partial charge in [0.05, 0.1) is 0 Å². The molecule has 1 aromatic carbocycles. The molecule has 1 atom stereocenters. The van der Waals surface area contributed by atoms with E-state index in [1.165, 1.54) is 23.6 Å². The maximum atomic E-state index is 12.6. The monoisotopic (exact) mass is 378 g/mol. The number of guanidine groups is 1. The van der Waals surface area contributed by atoms with Crippen LogP contribution in [-0.2, 0) is 9.59 Å². The zero-order valence-electron chi connectivity index (χ0n) is 14.4. The molecular weight excluding hydrogens is 362 g/mol. The predicted octanol–water partition coefficient (Wildman–Crippen LogP) is 0.818. The van der Waals surface area contributed by atoms with Gasteiger partial charge in [-0.25, -0.2) is 19.5 Å². The van der Waals surface area contributed by atoms with Crippen molar-refractivity contribution in [3.8, 4) is 0 Å². The summed E-state index contributed by atoms with van der Waals surface area (Å²) in [6.45, 7) is 1.39. The Balaban J connectivity index is 2.08. The predicted molar refractivity (Wildman–Crippen MR) is 94.7 cm³/mol. The molecule has 136 valence electrons. The van der Waals surface area contributed by atoms with Gasteiger partial charge < -0.3 is 5.11 Å². The number of likely N-dealkylation sites (N-methyl/N-ethyl adjacent to an activating group) is 2. The molecule has 0 radical (unpaired) electrons. The van der Waals surface area contributed by atoms with Crippen LogP contribution in [0.2, 0.25) is 5.02 Å². The Labute approximate surface area is 154 Å². The fraction of sp³-hybridized carbons (Fsp3) is 0.312. The number of fused-ring (bicyclic) bond motifs is 1. The Bertz CT molecular complexity index is 895. The number of benzene rings is 1. The van der Waals surface area contributed by atoms with Crippen LogP contribution in [0.4, 0.5) is 10.5 Å². The van der Waals surface area contributed by atoms with Gasteiger partial charge in [0.15, 0.2) is 6.54 Å². The Hall–Kier alpha value is -2.94. The minimum atomic E-state index is -1.13. The molecule has 1 fully saturated rings. The third kappa shape index (κ3) is 2.90. The molecule has 0 aromatic heterocycles. The molecule has 9 nitrogen and oxygen atoms in total. The Morgan fingerprint density at radius 3 is 2.69 bits per heavy atom. The van der Waals surface area contributed by atoms with Crippen molar-refractivity contribution in [2.24, 2.45) is 4.99 Å². The third-order valence-corrected chi connectivity index (χ3v) is 4.52. The lowest BCUT2D eigenvalue weighted by atomic mass is 10.1. The van der Waals surface area contributed by atoms with Crippen LogP contribution >= 0.6 is 11.6 Å². The molecule has 26 heavy (non-hydrogen) atoms. The van der Waals surface area contributed by atoms with Gasteiger partial charge in [0.25, 0.3) is 5.91 Å². The number of amidine groups is 1. The van der Waals surface area contributed by atoms with Gasteiger partial charge in [-0.15, -0.1) is 0 Å². The van der Waals surface area contributed by atoms with Crippen LogP contribution in [0.5, 0.6) is 0 Å². The smallest absolute Gasteiger partial charge is 0.395 e. The fourth-order valence-electron chi connectivity index (χ4n) is 2.86. The molecule has 2 aliphatic heterocycles. The Kier molecular flexibility index (Phi) is 4.41. The van der Waals surface area contributed by atoms with E-state index in [-0.39, 0.29) is 11.8 Å². The number of hydrogen-bond donors (Lipinski definition) is 2. The number of carboxylic acid groups (broad SMARTS) is 1. The van der Waals surface area contributed by atoms with Gasteiger partial charge in [0.1, 0.15) is 5.69 Å². The number of aliphatic carboxylic acids is 1. The summed E-state index contributed by atoms with van der Waals surface area (Å²) in [5, 5.41) is 12.8. The van der Waals surface area contributed by atoms with Gasteiger partial charge in [0.2, 0.25) is 11.9 Å². The second kappa shape index (κ2) is 6.41. The van der Waals surface area contributed by atoms with E-state index >= 15 is 0 Å². The largest absolute Gasteiger partial charge is 0.479 e. The second-order valence-electron chi connectivity index (χ2n) is 6.04. The maximum absolute atomic E-state index is 12.6. The lowest BCUT2D eigenvalue weighted by Gasteiger charge is -2.31. The number of nitrogens with one attached hydrogen (secondary N) is 1. The van der Waals surface area contributed by atoms with Crippen molar-refractivity contribution in [1.29, 1.82) is 0 Å². The van der Waals surface area contributed by atoms with E-state index in [0.29, 0.717) is 10.7 Å². The van der Waals surface area contributed by atoms with Crippen molar-refractivity contribution in [3.05, 3.63) is 28.8 Å². The van der Waals surface area contributed by atoms with Gasteiger partial charge in [-0.2, -0.15) is 0 Å². The highest BCUT2D eigenvalue weighted by Gasteiger charge is 2.51. The molecule has 10 heteroatoms. The minimum absolute atomic E-state index is 0.168. The van der Waals surface area contributed by atoms with E-state index in [0.717, 1.165) is 10.5 Å². The Morgan fingerprint density at radius 2 is 2.04 bits per heavy atom. The molecule has 3 amide bonds. The highest BCUT2D eigenvalue weighted by atomic mass is 35.5. The quantitative estimate of drug-likeness (QED) is 0.757. The first kappa shape index (κ1) is 17.9. The summed E-state index contributed by atoms with van der Waals surface area (Å²) in [5.74, 6) is -1.31.